The van der Waals surface area contributed by atoms with E-state index in [1.807, 2.05) is 24.3 Å². The number of aromatic amines is 1. The number of fused-ring (bicyclic) bond motifs is 1. The lowest BCUT2D eigenvalue weighted by Gasteiger charge is -2.33. The minimum absolute atomic E-state index is 0.648. The molecule has 1 saturated heterocycles. The van der Waals surface area contributed by atoms with Crippen molar-refractivity contribution in [1.82, 2.24) is 4.98 Å². The van der Waals surface area contributed by atoms with Crippen molar-refractivity contribution in [2.45, 2.75) is 6.18 Å². The van der Waals surface area contributed by atoms with E-state index >= 15 is 0 Å². The summed E-state index contributed by atoms with van der Waals surface area (Å²) in [6, 6.07) is 10.2. The molecule has 0 aliphatic carbocycles. The molecule has 1 aliphatic heterocycles. The summed E-state index contributed by atoms with van der Waals surface area (Å²) in [5, 5.41) is 1.69. The van der Waals surface area contributed by atoms with Crippen molar-refractivity contribution >= 4 is 34.0 Å². The van der Waals surface area contributed by atoms with Crippen LogP contribution in [-0.2, 0) is 6.18 Å². The zero-order chi connectivity index (χ0) is 19.0. The molecule has 1 aromatic carbocycles. The minimum atomic E-state index is -4.33. The van der Waals surface area contributed by atoms with E-state index in [9.17, 15) is 13.2 Å². The number of piperazine rings is 1. The number of anilines is 2. The maximum atomic E-state index is 12.7. The monoisotopic (exact) mass is 393 g/mol. The van der Waals surface area contributed by atoms with Gasteiger partial charge in [0.15, 0.2) is 0 Å². The van der Waals surface area contributed by atoms with Gasteiger partial charge in [-0.2, -0.15) is 13.2 Å². The van der Waals surface area contributed by atoms with Gasteiger partial charge in [0.2, 0.25) is 0 Å². The predicted octanol–water partition coefficient (Wildman–Crippen LogP) is 4.05. The molecule has 0 spiro atoms. The molecule has 1 N–H and O–H groups in total. The normalized spacial score (nSPS) is 15.4. The first-order valence-electron chi connectivity index (χ1n) is 8.55. The number of nitrogens with zero attached hydrogens (tertiary/aromatic N) is 3. The van der Waals surface area contributed by atoms with E-state index in [-0.39, 0.29) is 0 Å². The number of alkyl halides is 3. The van der Waals surface area contributed by atoms with Crippen molar-refractivity contribution in [2.75, 3.05) is 36.0 Å². The molecule has 0 saturated carbocycles. The van der Waals surface area contributed by atoms with Crippen LogP contribution in [0.3, 0.4) is 0 Å². The average molecular weight is 394 g/mol. The molecule has 3 heterocycles. The molecule has 8 heteroatoms. The largest absolute Gasteiger partial charge is 0.419 e. The fourth-order valence-corrected chi connectivity index (χ4v) is 3.53. The molecule has 0 radical (unpaired) electrons. The Morgan fingerprint density at radius 3 is 2.37 bits per heavy atom. The number of nitrogens with one attached hydrogen (secondary N) is 1. The molecule has 140 valence electrons. The van der Waals surface area contributed by atoms with Crippen molar-refractivity contribution in [3.8, 4) is 0 Å². The molecule has 0 atom stereocenters. The molecular formula is C19H17ClF3N4+. The summed E-state index contributed by atoms with van der Waals surface area (Å²) in [5.74, 6) is 0.689. The van der Waals surface area contributed by atoms with Crippen LogP contribution >= 0.6 is 11.6 Å². The second-order valence-corrected chi connectivity index (χ2v) is 6.86. The zero-order valence-electron chi connectivity index (χ0n) is 14.3. The highest BCUT2D eigenvalue weighted by Crippen LogP contribution is 2.30. The van der Waals surface area contributed by atoms with E-state index in [0.29, 0.717) is 23.9 Å². The lowest BCUT2D eigenvalue weighted by Crippen LogP contribution is -2.48. The van der Waals surface area contributed by atoms with Crippen molar-refractivity contribution in [3.63, 3.8) is 0 Å². The molecule has 0 bridgehead atoms. The summed E-state index contributed by atoms with van der Waals surface area (Å²) in [7, 11) is 0. The summed E-state index contributed by atoms with van der Waals surface area (Å²) in [6.07, 6.45) is -1.55. The zero-order valence-corrected chi connectivity index (χ0v) is 15.1. The first-order valence-corrected chi connectivity index (χ1v) is 8.93. The third kappa shape index (κ3) is 3.64. The van der Waals surface area contributed by atoms with Gasteiger partial charge in [-0.25, -0.2) is 4.98 Å². The number of rotatable bonds is 2. The molecular weight excluding hydrogens is 377 g/mol. The van der Waals surface area contributed by atoms with Crippen LogP contribution in [0.15, 0.2) is 48.8 Å². The Balaban J connectivity index is 1.49. The maximum Gasteiger partial charge on any atom is 0.419 e. The fourth-order valence-electron chi connectivity index (χ4n) is 3.36. The third-order valence-corrected chi connectivity index (χ3v) is 5.00. The molecule has 1 aliphatic rings. The van der Waals surface area contributed by atoms with Crippen LogP contribution in [0.2, 0.25) is 5.02 Å². The molecule has 2 aromatic heterocycles. The van der Waals surface area contributed by atoms with Crippen LogP contribution in [0, 0.1) is 0 Å². The Bertz CT molecular complexity index is 951. The third-order valence-electron chi connectivity index (χ3n) is 4.77. The molecule has 3 aromatic rings. The van der Waals surface area contributed by atoms with Gasteiger partial charge in [-0.1, -0.05) is 11.6 Å². The fraction of sp³-hybridized carbons (Fsp3) is 0.263. The highest BCUT2D eigenvalue weighted by molar-refractivity contribution is 6.31. The lowest BCUT2D eigenvalue weighted by atomic mass is 10.1. The molecule has 4 rings (SSSR count). The molecule has 4 nitrogen and oxygen atoms in total. The van der Waals surface area contributed by atoms with Gasteiger partial charge in [0.05, 0.1) is 24.2 Å². The van der Waals surface area contributed by atoms with Crippen molar-refractivity contribution in [2.24, 2.45) is 0 Å². The highest BCUT2D eigenvalue weighted by atomic mass is 35.5. The van der Waals surface area contributed by atoms with E-state index < -0.39 is 11.7 Å². The van der Waals surface area contributed by atoms with Gasteiger partial charge < -0.3 is 4.90 Å². The predicted molar refractivity (Wildman–Crippen MR) is 99.2 cm³/mol. The first kappa shape index (κ1) is 17.9. The van der Waals surface area contributed by atoms with Crippen LogP contribution in [0.25, 0.3) is 10.9 Å². The van der Waals surface area contributed by atoms with E-state index in [0.717, 1.165) is 41.9 Å². The Morgan fingerprint density at radius 2 is 1.70 bits per heavy atom. The Labute approximate surface area is 159 Å². The number of pyridine rings is 2. The lowest BCUT2D eigenvalue weighted by molar-refractivity contribution is -0.367. The molecule has 0 unspecified atom stereocenters. The van der Waals surface area contributed by atoms with E-state index in [4.69, 9.17) is 11.6 Å². The van der Waals surface area contributed by atoms with Gasteiger partial charge in [0, 0.05) is 28.4 Å². The first-order chi connectivity index (χ1) is 12.9. The molecule has 0 amide bonds. The second kappa shape index (κ2) is 6.88. The van der Waals surface area contributed by atoms with Crippen LogP contribution in [0.1, 0.15) is 5.56 Å². The Morgan fingerprint density at radius 1 is 0.963 bits per heavy atom. The average Bonchev–Trinajstić information content (AvgIpc) is 2.67. The quantitative estimate of drug-likeness (QED) is 0.658. The number of benzene rings is 1. The van der Waals surface area contributed by atoms with Gasteiger partial charge in [0.25, 0.3) is 5.82 Å². The summed E-state index contributed by atoms with van der Waals surface area (Å²) in [5.41, 5.74) is 1.26. The smallest absolute Gasteiger partial charge is 0.363 e. The van der Waals surface area contributed by atoms with Crippen LogP contribution in [0.4, 0.5) is 24.7 Å². The van der Waals surface area contributed by atoms with Crippen molar-refractivity contribution < 1.29 is 18.2 Å². The van der Waals surface area contributed by atoms with Crippen molar-refractivity contribution in [1.29, 1.82) is 0 Å². The number of hydrogen-bond donors (Lipinski definition) is 0. The number of hydrogen-bond acceptors (Lipinski definition) is 3. The Hall–Kier alpha value is -2.54. The second-order valence-electron chi connectivity index (χ2n) is 6.43. The SMILES string of the molecule is FC(F)(F)c1ccc(N2CCN(c3ccnc4cc(Cl)ccc34)CC2)[nH+]c1. The number of aromatic nitrogens is 2. The minimum Gasteiger partial charge on any atom is -0.363 e. The molecule has 1 fully saturated rings. The van der Waals surface area contributed by atoms with Crippen LogP contribution in [-0.4, -0.2) is 31.2 Å². The van der Waals surface area contributed by atoms with Crippen molar-refractivity contribution in [3.05, 3.63) is 59.4 Å². The molecule has 27 heavy (non-hydrogen) atoms. The standard InChI is InChI=1S/C19H16ClF3N4/c20-14-2-3-15-16(11-14)24-6-5-17(15)26-7-9-27(10-8-26)18-4-1-13(12-25-18)19(21,22)23/h1-6,11-12H,7-10H2/p+1. The number of H-pyrrole nitrogens is 1. The maximum absolute atomic E-state index is 12.7. The summed E-state index contributed by atoms with van der Waals surface area (Å²) < 4.78 is 38.1. The number of halogens is 4. The summed E-state index contributed by atoms with van der Waals surface area (Å²) in [6.45, 7) is 2.94. The van der Waals surface area contributed by atoms with Gasteiger partial charge in [-0.05, 0) is 30.3 Å². The topological polar surface area (TPSA) is 33.5 Å². The summed E-state index contributed by atoms with van der Waals surface area (Å²) in [4.78, 5) is 11.5. The highest BCUT2D eigenvalue weighted by Gasteiger charge is 2.32. The van der Waals surface area contributed by atoms with E-state index in [1.54, 1.807) is 6.20 Å². The van der Waals surface area contributed by atoms with Gasteiger partial charge in [0.1, 0.15) is 19.3 Å². The van der Waals surface area contributed by atoms with Crippen LogP contribution in [0.5, 0.6) is 0 Å². The Kier molecular flexibility index (Phi) is 4.55. The van der Waals surface area contributed by atoms with E-state index in [1.165, 1.54) is 6.07 Å². The van der Waals surface area contributed by atoms with Gasteiger partial charge >= 0.3 is 6.18 Å². The van der Waals surface area contributed by atoms with Gasteiger partial charge in [-0.3, -0.25) is 9.88 Å². The van der Waals surface area contributed by atoms with Crippen LogP contribution < -0.4 is 14.8 Å². The summed E-state index contributed by atoms with van der Waals surface area (Å²) >= 11 is 6.05. The van der Waals surface area contributed by atoms with Gasteiger partial charge in [-0.15, -0.1) is 0 Å². The van der Waals surface area contributed by atoms with E-state index in [2.05, 4.69) is 19.8 Å².